The number of morpholine rings is 1. The SMILES string of the molecule is CN(C)c1ccc(/C=C2/SC(=O)N(CC(=O)N3CCOCC3)C2=O)cc1. The van der Waals surface area contributed by atoms with E-state index >= 15 is 0 Å². The van der Waals surface area contributed by atoms with Gasteiger partial charge in [-0.15, -0.1) is 0 Å². The molecule has 0 bridgehead atoms. The second-order valence-electron chi connectivity index (χ2n) is 6.25. The van der Waals surface area contributed by atoms with Gasteiger partial charge < -0.3 is 14.5 Å². The standard InChI is InChI=1S/C18H21N3O4S/c1-19(2)14-5-3-13(4-6-14)11-15-17(23)21(18(24)26-15)12-16(22)20-7-9-25-10-8-20/h3-6,11H,7-10,12H2,1-2H3/b15-11+. The van der Waals surface area contributed by atoms with Crippen molar-refractivity contribution in [2.45, 2.75) is 0 Å². The fourth-order valence-electron chi connectivity index (χ4n) is 2.70. The van der Waals surface area contributed by atoms with Crippen LogP contribution in [0.25, 0.3) is 6.08 Å². The molecule has 2 saturated heterocycles. The zero-order chi connectivity index (χ0) is 18.7. The van der Waals surface area contributed by atoms with Gasteiger partial charge in [-0.1, -0.05) is 12.1 Å². The molecule has 0 aliphatic carbocycles. The third-order valence-electron chi connectivity index (χ3n) is 4.24. The van der Waals surface area contributed by atoms with Gasteiger partial charge in [-0.25, -0.2) is 0 Å². The van der Waals surface area contributed by atoms with Crippen LogP contribution in [0, 0.1) is 0 Å². The maximum absolute atomic E-state index is 12.5. The van der Waals surface area contributed by atoms with Crippen LogP contribution >= 0.6 is 11.8 Å². The van der Waals surface area contributed by atoms with Crippen molar-refractivity contribution in [2.24, 2.45) is 0 Å². The number of benzene rings is 1. The number of hydrogen-bond acceptors (Lipinski definition) is 6. The quantitative estimate of drug-likeness (QED) is 0.746. The highest BCUT2D eigenvalue weighted by Crippen LogP contribution is 2.32. The van der Waals surface area contributed by atoms with Gasteiger partial charge in [-0.2, -0.15) is 0 Å². The minimum absolute atomic E-state index is 0.221. The summed E-state index contributed by atoms with van der Waals surface area (Å²) < 4.78 is 5.21. The van der Waals surface area contributed by atoms with E-state index in [0.717, 1.165) is 27.9 Å². The van der Waals surface area contributed by atoms with Crippen LogP contribution in [0.2, 0.25) is 0 Å². The van der Waals surface area contributed by atoms with Crippen LogP contribution < -0.4 is 4.90 Å². The van der Waals surface area contributed by atoms with Crippen LogP contribution in [0.3, 0.4) is 0 Å². The van der Waals surface area contributed by atoms with Crippen LogP contribution in [-0.2, 0) is 14.3 Å². The molecule has 26 heavy (non-hydrogen) atoms. The van der Waals surface area contributed by atoms with Crippen molar-refractivity contribution in [3.8, 4) is 0 Å². The first-order valence-corrected chi connectivity index (χ1v) is 9.15. The van der Waals surface area contributed by atoms with E-state index in [0.29, 0.717) is 31.2 Å². The number of nitrogens with zero attached hydrogens (tertiary/aromatic N) is 3. The van der Waals surface area contributed by atoms with Gasteiger partial charge in [-0.05, 0) is 35.5 Å². The molecule has 3 amide bonds. The molecule has 0 N–H and O–H groups in total. The highest BCUT2D eigenvalue weighted by Gasteiger charge is 2.37. The fraction of sp³-hybridized carbons (Fsp3) is 0.389. The first-order valence-electron chi connectivity index (χ1n) is 8.34. The smallest absolute Gasteiger partial charge is 0.294 e. The molecule has 1 aromatic rings. The number of rotatable bonds is 4. The lowest BCUT2D eigenvalue weighted by atomic mass is 10.2. The number of carbonyl (C=O) groups is 3. The van der Waals surface area contributed by atoms with Gasteiger partial charge in [0, 0.05) is 32.9 Å². The molecule has 3 rings (SSSR count). The summed E-state index contributed by atoms with van der Waals surface area (Å²) in [6.07, 6.45) is 1.68. The summed E-state index contributed by atoms with van der Waals surface area (Å²) in [5, 5.41) is -0.409. The average Bonchev–Trinajstić information content (AvgIpc) is 2.90. The Bertz CT molecular complexity index is 739. The first-order chi connectivity index (χ1) is 12.5. The molecule has 0 atom stereocenters. The summed E-state index contributed by atoms with van der Waals surface area (Å²) in [4.78, 5) is 42.0. The van der Waals surface area contributed by atoms with E-state index < -0.39 is 11.1 Å². The average molecular weight is 375 g/mol. The van der Waals surface area contributed by atoms with E-state index in [1.807, 2.05) is 43.3 Å². The molecule has 2 aliphatic rings. The number of carbonyl (C=O) groups excluding carboxylic acids is 3. The fourth-order valence-corrected chi connectivity index (χ4v) is 3.54. The molecule has 0 radical (unpaired) electrons. The largest absolute Gasteiger partial charge is 0.378 e. The van der Waals surface area contributed by atoms with Crippen LogP contribution in [-0.4, -0.2) is 73.8 Å². The topological polar surface area (TPSA) is 70.2 Å². The van der Waals surface area contributed by atoms with Crippen molar-refractivity contribution in [3.63, 3.8) is 0 Å². The summed E-state index contributed by atoms with van der Waals surface area (Å²) in [6, 6.07) is 7.67. The highest BCUT2D eigenvalue weighted by molar-refractivity contribution is 8.18. The molecule has 2 heterocycles. The number of amides is 3. The molecular weight excluding hydrogens is 354 g/mol. The number of anilines is 1. The molecule has 0 spiro atoms. The van der Waals surface area contributed by atoms with Gasteiger partial charge in [-0.3, -0.25) is 19.3 Å². The normalized spacial score (nSPS) is 19.4. The second-order valence-corrected chi connectivity index (χ2v) is 7.24. The second kappa shape index (κ2) is 7.92. The Morgan fingerprint density at radius 2 is 1.85 bits per heavy atom. The number of ether oxygens (including phenoxy) is 1. The molecule has 8 heteroatoms. The minimum Gasteiger partial charge on any atom is -0.378 e. The predicted octanol–water partition coefficient (Wildman–Crippen LogP) is 1.65. The molecule has 2 aliphatic heterocycles. The van der Waals surface area contributed by atoms with Crippen molar-refractivity contribution in [1.82, 2.24) is 9.80 Å². The Morgan fingerprint density at radius 3 is 2.46 bits per heavy atom. The summed E-state index contributed by atoms with van der Waals surface area (Å²) in [5.41, 5.74) is 1.88. The summed E-state index contributed by atoms with van der Waals surface area (Å²) >= 11 is 0.868. The molecule has 7 nitrogen and oxygen atoms in total. The summed E-state index contributed by atoms with van der Waals surface area (Å²) in [6.45, 7) is 1.72. The van der Waals surface area contributed by atoms with Crippen molar-refractivity contribution < 1.29 is 19.1 Å². The zero-order valence-corrected chi connectivity index (χ0v) is 15.6. The summed E-state index contributed by atoms with van der Waals surface area (Å²) in [5.74, 6) is -0.648. The summed E-state index contributed by atoms with van der Waals surface area (Å²) in [7, 11) is 3.90. The predicted molar refractivity (Wildman–Crippen MR) is 101 cm³/mol. The molecule has 1 aromatic carbocycles. The Balaban J connectivity index is 1.68. The van der Waals surface area contributed by atoms with Crippen LogP contribution in [0.5, 0.6) is 0 Å². The molecular formula is C18H21N3O4S. The first kappa shape index (κ1) is 18.5. The Labute approximate surface area is 156 Å². The molecule has 0 unspecified atom stereocenters. The molecule has 0 aromatic heterocycles. The van der Waals surface area contributed by atoms with E-state index in [2.05, 4.69) is 0 Å². The number of thioether (sulfide) groups is 1. The molecule has 0 saturated carbocycles. The number of imide groups is 1. The van der Waals surface area contributed by atoms with Gasteiger partial charge in [0.2, 0.25) is 5.91 Å². The van der Waals surface area contributed by atoms with Crippen LogP contribution in [0.4, 0.5) is 10.5 Å². The van der Waals surface area contributed by atoms with Gasteiger partial charge in [0.1, 0.15) is 6.54 Å². The van der Waals surface area contributed by atoms with E-state index in [4.69, 9.17) is 4.74 Å². The van der Waals surface area contributed by atoms with E-state index in [1.54, 1.807) is 11.0 Å². The van der Waals surface area contributed by atoms with E-state index in [9.17, 15) is 14.4 Å². The van der Waals surface area contributed by atoms with Crippen molar-refractivity contribution in [3.05, 3.63) is 34.7 Å². The lowest BCUT2D eigenvalue weighted by molar-refractivity contribution is -0.139. The van der Waals surface area contributed by atoms with Crippen LogP contribution in [0.15, 0.2) is 29.2 Å². The van der Waals surface area contributed by atoms with Gasteiger partial charge >= 0.3 is 0 Å². The molecule has 2 fully saturated rings. The zero-order valence-electron chi connectivity index (χ0n) is 14.8. The van der Waals surface area contributed by atoms with Crippen molar-refractivity contribution >= 4 is 40.6 Å². The molecule has 138 valence electrons. The Hall–Kier alpha value is -2.32. The van der Waals surface area contributed by atoms with Gasteiger partial charge in [0.15, 0.2) is 0 Å². The third-order valence-corrected chi connectivity index (χ3v) is 5.15. The Kier molecular flexibility index (Phi) is 5.63. The van der Waals surface area contributed by atoms with Crippen molar-refractivity contribution in [1.29, 1.82) is 0 Å². The lowest BCUT2D eigenvalue weighted by Gasteiger charge is -2.28. The Morgan fingerprint density at radius 1 is 1.19 bits per heavy atom. The monoisotopic (exact) mass is 375 g/mol. The van der Waals surface area contributed by atoms with Crippen LogP contribution in [0.1, 0.15) is 5.56 Å². The van der Waals surface area contributed by atoms with E-state index in [1.165, 1.54) is 0 Å². The minimum atomic E-state index is -0.418. The highest BCUT2D eigenvalue weighted by atomic mass is 32.2. The maximum atomic E-state index is 12.5. The lowest BCUT2D eigenvalue weighted by Crippen LogP contribution is -2.46. The van der Waals surface area contributed by atoms with Crippen molar-refractivity contribution in [2.75, 3.05) is 51.8 Å². The van der Waals surface area contributed by atoms with E-state index in [-0.39, 0.29) is 12.5 Å². The third kappa shape index (κ3) is 4.08. The maximum Gasteiger partial charge on any atom is 0.294 e. The van der Waals surface area contributed by atoms with Gasteiger partial charge in [0.05, 0.1) is 18.1 Å². The number of hydrogen-bond donors (Lipinski definition) is 0. The van der Waals surface area contributed by atoms with Gasteiger partial charge in [0.25, 0.3) is 11.1 Å².